The van der Waals surface area contributed by atoms with Crippen molar-refractivity contribution < 1.29 is 25.9 Å². The lowest BCUT2D eigenvalue weighted by Crippen LogP contribution is -2.01. The molecule has 0 unspecified atom stereocenters. The number of hydrogen-bond donors (Lipinski definition) is 1. The van der Waals surface area contributed by atoms with E-state index in [0.29, 0.717) is 6.07 Å². The van der Waals surface area contributed by atoms with Crippen LogP contribution in [-0.4, -0.2) is 21.4 Å². The lowest BCUT2D eigenvalue weighted by molar-refractivity contribution is 0.414. The van der Waals surface area contributed by atoms with Gasteiger partial charge >= 0.3 is 10.1 Å². The Hall–Kier alpha value is -0.960. The van der Waals surface area contributed by atoms with Gasteiger partial charge in [-0.05, 0) is 18.2 Å². The average molecular weight is 237 g/mol. The van der Waals surface area contributed by atoms with Crippen molar-refractivity contribution >= 4 is 20.2 Å². The molecule has 0 atom stereocenters. The Morgan fingerprint density at radius 1 is 1.00 bits per heavy atom. The Morgan fingerprint density at radius 3 is 1.93 bits per heavy atom. The highest BCUT2D eigenvalue weighted by Gasteiger charge is 2.16. The topological polar surface area (TPSA) is 108 Å². The lowest BCUT2D eigenvalue weighted by atomic mass is 10.4. The zero-order chi connectivity index (χ0) is 11.0. The van der Waals surface area contributed by atoms with E-state index in [4.69, 9.17) is 4.55 Å². The van der Waals surface area contributed by atoms with E-state index < -0.39 is 30.0 Å². The third-order valence-corrected chi connectivity index (χ3v) is 3.07. The molecule has 0 aliphatic heterocycles. The molecule has 77 valence electrons. The number of benzene rings is 1. The summed E-state index contributed by atoms with van der Waals surface area (Å²) in [6.07, 6.45) is 0. The average Bonchev–Trinajstić information content (AvgIpc) is 2.01. The van der Waals surface area contributed by atoms with E-state index in [1.165, 1.54) is 0 Å². The molecule has 14 heavy (non-hydrogen) atoms. The molecule has 0 aromatic heterocycles. The molecule has 0 saturated heterocycles. The molecule has 0 spiro atoms. The maximum atomic E-state index is 10.6. The van der Waals surface area contributed by atoms with Crippen LogP contribution in [0.25, 0.3) is 0 Å². The van der Waals surface area contributed by atoms with Crippen LogP contribution < -0.4 is 0 Å². The van der Waals surface area contributed by atoms with Crippen molar-refractivity contribution in [1.82, 2.24) is 0 Å². The van der Waals surface area contributed by atoms with Crippen molar-refractivity contribution in [3.05, 3.63) is 24.3 Å². The molecule has 0 saturated carbocycles. The summed E-state index contributed by atoms with van der Waals surface area (Å²) in [5.41, 5.74) is 0. The molecule has 1 radical (unpaired) electrons. The Kier molecular flexibility index (Phi) is 2.63. The number of rotatable bonds is 2. The van der Waals surface area contributed by atoms with Gasteiger partial charge < -0.3 is 0 Å². The molecular weight excluding hydrogens is 232 g/mol. The molecule has 0 aliphatic carbocycles. The first-order valence-corrected chi connectivity index (χ1v) is 6.09. The molecule has 0 amide bonds. The summed E-state index contributed by atoms with van der Waals surface area (Å²) < 4.78 is 61.1. The molecule has 1 N–H and O–H groups in total. The van der Waals surface area contributed by atoms with Gasteiger partial charge in [-0.1, -0.05) is 10.6 Å². The number of hydrogen-bond acceptors (Lipinski definition) is 4. The first kappa shape index (κ1) is 11.1. The van der Waals surface area contributed by atoms with Gasteiger partial charge in [0.25, 0.3) is 10.1 Å². The van der Waals surface area contributed by atoms with Crippen molar-refractivity contribution in [2.24, 2.45) is 0 Å². The SMILES string of the molecule is [O]S(=O)(=O)c1cccc(S(=O)(=O)O)c1. The molecule has 6 nitrogen and oxygen atoms in total. The third kappa shape index (κ3) is 2.51. The summed E-state index contributed by atoms with van der Waals surface area (Å²) in [6, 6.07) is 3.56. The van der Waals surface area contributed by atoms with Gasteiger partial charge in [-0.3, -0.25) is 4.55 Å². The second-order valence-corrected chi connectivity index (χ2v) is 5.21. The van der Waals surface area contributed by atoms with Crippen LogP contribution in [0.1, 0.15) is 0 Å². The monoisotopic (exact) mass is 237 g/mol. The smallest absolute Gasteiger partial charge is 0.282 e. The van der Waals surface area contributed by atoms with Crippen LogP contribution in [0.15, 0.2) is 34.1 Å². The summed E-state index contributed by atoms with van der Waals surface area (Å²) in [7, 11) is -9.20. The first-order chi connectivity index (χ1) is 6.21. The van der Waals surface area contributed by atoms with Crippen molar-refractivity contribution in [3.8, 4) is 0 Å². The largest absolute Gasteiger partial charge is 0.324 e. The lowest BCUT2D eigenvalue weighted by Gasteiger charge is -1.98. The van der Waals surface area contributed by atoms with Gasteiger partial charge in [0.2, 0.25) is 0 Å². The molecular formula is C6H5O6S2. The fourth-order valence-corrected chi connectivity index (χ4v) is 1.91. The van der Waals surface area contributed by atoms with E-state index in [9.17, 15) is 21.4 Å². The van der Waals surface area contributed by atoms with Crippen LogP contribution in [0.5, 0.6) is 0 Å². The second-order valence-electron chi connectivity index (χ2n) is 2.40. The van der Waals surface area contributed by atoms with Crippen LogP contribution in [-0.2, 0) is 24.8 Å². The molecule has 0 fully saturated rings. The zero-order valence-corrected chi connectivity index (χ0v) is 8.25. The van der Waals surface area contributed by atoms with Gasteiger partial charge in [0, 0.05) is 0 Å². The summed E-state index contributed by atoms with van der Waals surface area (Å²) >= 11 is 0. The minimum Gasteiger partial charge on any atom is -0.282 e. The van der Waals surface area contributed by atoms with E-state index >= 15 is 0 Å². The van der Waals surface area contributed by atoms with Gasteiger partial charge in [0.1, 0.15) is 0 Å². The fraction of sp³-hybridized carbons (Fsp3) is 0. The van der Waals surface area contributed by atoms with Crippen LogP contribution in [0, 0.1) is 0 Å². The quantitative estimate of drug-likeness (QED) is 0.731. The van der Waals surface area contributed by atoms with E-state index in [0.717, 1.165) is 18.2 Å². The van der Waals surface area contributed by atoms with Crippen LogP contribution in [0.4, 0.5) is 0 Å². The summed E-state index contributed by atoms with van der Waals surface area (Å²) in [6.45, 7) is 0. The predicted octanol–water partition coefficient (Wildman–Crippen LogP) is 0.0525. The van der Waals surface area contributed by atoms with Gasteiger partial charge in [-0.15, -0.1) is 0 Å². The van der Waals surface area contributed by atoms with Crippen molar-refractivity contribution in [3.63, 3.8) is 0 Å². The standard InChI is InChI=1S/C6H5O6S2/c7-13(8,9)5-2-1-3-6(4-5)14(10,11)12/h1-4H,(H,7,8,9). The Balaban J connectivity index is 3.44. The second kappa shape index (κ2) is 3.31. The molecule has 1 rings (SSSR count). The fourth-order valence-electron chi connectivity index (χ4n) is 0.790. The molecule has 1 aromatic rings. The van der Waals surface area contributed by atoms with Crippen LogP contribution in [0.3, 0.4) is 0 Å². The normalized spacial score (nSPS) is 12.7. The van der Waals surface area contributed by atoms with Crippen molar-refractivity contribution in [2.45, 2.75) is 9.79 Å². The summed E-state index contributed by atoms with van der Waals surface area (Å²) in [5.74, 6) is 0. The van der Waals surface area contributed by atoms with E-state index in [1.54, 1.807) is 0 Å². The minimum atomic E-state index is -4.71. The van der Waals surface area contributed by atoms with Gasteiger partial charge in [0.05, 0.1) is 9.79 Å². The van der Waals surface area contributed by atoms with Gasteiger partial charge in [0.15, 0.2) is 0 Å². The maximum Gasteiger partial charge on any atom is 0.324 e. The predicted molar refractivity (Wildman–Crippen MR) is 44.1 cm³/mol. The molecule has 0 heterocycles. The van der Waals surface area contributed by atoms with Gasteiger partial charge in [-0.25, -0.2) is 0 Å². The first-order valence-electron chi connectivity index (χ1n) is 3.25. The summed E-state index contributed by atoms with van der Waals surface area (Å²) in [4.78, 5) is -1.33. The van der Waals surface area contributed by atoms with Crippen LogP contribution >= 0.6 is 0 Å². The van der Waals surface area contributed by atoms with Crippen LogP contribution in [0.2, 0.25) is 0 Å². The van der Waals surface area contributed by atoms with Crippen molar-refractivity contribution in [1.29, 1.82) is 0 Å². The summed E-state index contributed by atoms with van der Waals surface area (Å²) in [5, 5.41) is 0. The Bertz CT molecular complexity index is 494. The Morgan fingerprint density at radius 2 is 1.50 bits per heavy atom. The Labute approximate surface area is 80.7 Å². The van der Waals surface area contributed by atoms with E-state index in [2.05, 4.69) is 0 Å². The maximum absolute atomic E-state index is 10.6. The highest BCUT2D eigenvalue weighted by Crippen LogP contribution is 2.15. The molecule has 8 heteroatoms. The molecule has 0 aliphatic rings. The van der Waals surface area contributed by atoms with Crippen molar-refractivity contribution in [2.75, 3.05) is 0 Å². The minimum absolute atomic E-state index is 0.595. The van der Waals surface area contributed by atoms with E-state index in [1.807, 2.05) is 0 Å². The highest BCUT2D eigenvalue weighted by molar-refractivity contribution is 7.86. The van der Waals surface area contributed by atoms with Gasteiger partial charge in [-0.2, -0.15) is 16.8 Å². The zero-order valence-electron chi connectivity index (χ0n) is 6.61. The molecule has 1 aromatic carbocycles. The molecule has 0 bridgehead atoms. The van der Waals surface area contributed by atoms with E-state index in [-0.39, 0.29) is 0 Å². The third-order valence-electron chi connectivity index (χ3n) is 1.39. The highest BCUT2D eigenvalue weighted by atomic mass is 32.2.